The molecule has 2 saturated heterocycles. The Morgan fingerprint density at radius 3 is 1.45 bits per heavy atom. The third-order valence-electron chi connectivity index (χ3n) is 6.23. The maximum Gasteiger partial charge on any atom is 0.506 e. The number of rotatable bonds is 5. The molecule has 2 fully saturated rings. The lowest BCUT2D eigenvalue weighted by molar-refractivity contribution is 0.00578. The molecule has 0 radical (unpaired) electrons. The maximum atomic E-state index is 6.29. The van der Waals surface area contributed by atoms with Crippen molar-refractivity contribution >= 4 is 37.4 Å². The normalized spacial score (nSPS) is 24.7. The summed E-state index contributed by atoms with van der Waals surface area (Å²) in [4.78, 5) is 0.642. The topological polar surface area (TPSA) is 36.9 Å². The molecule has 31 heavy (non-hydrogen) atoms. The fourth-order valence-corrected chi connectivity index (χ4v) is 3.75. The summed E-state index contributed by atoms with van der Waals surface area (Å²) < 4.78 is 23.4. The van der Waals surface area contributed by atoms with Crippen LogP contribution in [0.1, 0.15) is 96.9 Å². The van der Waals surface area contributed by atoms with Crippen molar-refractivity contribution < 1.29 is 18.6 Å². The van der Waals surface area contributed by atoms with Crippen molar-refractivity contribution in [2.75, 3.05) is 0 Å². The molecule has 1 atom stereocenters. The van der Waals surface area contributed by atoms with Crippen molar-refractivity contribution in [3.63, 3.8) is 0 Å². The molecule has 182 valence electrons. The second kappa shape index (κ2) is 11.1. The Hall–Kier alpha value is 0.290. The Kier molecular flexibility index (Phi) is 11.2. The molecule has 0 aromatic carbocycles. The molecule has 2 aliphatic heterocycles. The summed E-state index contributed by atoms with van der Waals surface area (Å²) >= 11 is 12.4. The summed E-state index contributed by atoms with van der Waals surface area (Å²) in [5.41, 5.74) is -1.19. The summed E-state index contributed by atoms with van der Waals surface area (Å²) in [7, 11) is -0.696. The molecular weight excluding hydrogens is 433 g/mol. The standard InChI is InChI=1S/C11H22BClO2.C11H20BClO2.CH4/c2*1-8(2)7-9(13)12-14-10(3,4)11(5,6)15-12;/h8-9H,7H2,1-6H3;7-8H,1-6H3;1H4/b;9-7+;. The van der Waals surface area contributed by atoms with Crippen LogP contribution in [-0.2, 0) is 18.6 Å². The van der Waals surface area contributed by atoms with Crippen LogP contribution in [0.2, 0.25) is 0 Å². The van der Waals surface area contributed by atoms with Gasteiger partial charge in [-0.2, -0.15) is 0 Å². The number of hydrogen-bond acceptors (Lipinski definition) is 4. The van der Waals surface area contributed by atoms with E-state index in [4.69, 9.17) is 41.8 Å². The highest BCUT2D eigenvalue weighted by atomic mass is 35.5. The van der Waals surface area contributed by atoms with E-state index in [1.807, 2.05) is 61.5 Å². The molecule has 0 N–H and O–H groups in total. The number of hydrogen-bond donors (Lipinski definition) is 0. The van der Waals surface area contributed by atoms with Gasteiger partial charge in [0.05, 0.1) is 27.7 Å². The zero-order valence-electron chi connectivity index (χ0n) is 21.1. The van der Waals surface area contributed by atoms with Gasteiger partial charge in [-0.25, -0.2) is 0 Å². The molecule has 2 rings (SSSR count). The van der Waals surface area contributed by atoms with Crippen molar-refractivity contribution in [1.29, 1.82) is 0 Å². The van der Waals surface area contributed by atoms with E-state index in [-0.39, 0.29) is 42.2 Å². The van der Waals surface area contributed by atoms with E-state index in [2.05, 4.69) is 27.7 Å². The second-order valence-corrected chi connectivity index (χ2v) is 12.2. The second-order valence-electron chi connectivity index (χ2n) is 11.2. The molecule has 1 unspecified atom stereocenters. The SMILES string of the molecule is C.CC(C)/C=C(/Cl)B1OC(C)(C)C(C)(C)O1.CC(C)CC(Cl)B1OC(C)(C)C(C)(C)O1. The summed E-state index contributed by atoms with van der Waals surface area (Å²) in [5.74, 6) is 0.961. The minimum atomic E-state index is -0.418. The fraction of sp³-hybridized carbons (Fsp3) is 0.913. The highest BCUT2D eigenvalue weighted by Crippen LogP contribution is 2.40. The van der Waals surface area contributed by atoms with Crippen LogP contribution in [0, 0.1) is 11.8 Å². The zero-order chi connectivity index (χ0) is 23.7. The van der Waals surface area contributed by atoms with Gasteiger partial charge in [-0.3, -0.25) is 0 Å². The predicted octanol–water partition coefficient (Wildman–Crippen LogP) is 7.30. The van der Waals surface area contributed by atoms with Gasteiger partial charge < -0.3 is 18.6 Å². The average Bonchev–Trinajstić information content (AvgIpc) is 2.86. The molecule has 0 amide bonds. The largest absolute Gasteiger partial charge is 0.506 e. The van der Waals surface area contributed by atoms with Crippen molar-refractivity contribution in [3.05, 3.63) is 11.0 Å². The van der Waals surface area contributed by atoms with Gasteiger partial charge in [0, 0.05) is 4.93 Å². The van der Waals surface area contributed by atoms with Crippen LogP contribution >= 0.6 is 23.2 Å². The van der Waals surface area contributed by atoms with Crippen LogP contribution < -0.4 is 0 Å². The Balaban J connectivity index is 0.000000562. The van der Waals surface area contributed by atoms with E-state index in [0.29, 0.717) is 16.8 Å². The van der Waals surface area contributed by atoms with Crippen LogP contribution in [0.25, 0.3) is 0 Å². The maximum absolute atomic E-state index is 6.29. The molecule has 2 heterocycles. The summed E-state index contributed by atoms with van der Waals surface area (Å²) in [6.07, 6.45) is 2.88. The molecule has 0 aliphatic carbocycles. The third kappa shape index (κ3) is 8.22. The highest BCUT2D eigenvalue weighted by Gasteiger charge is 2.54. The number of halogens is 2. The van der Waals surface area contributed by atoms with Crippen molar-refractivity contribution in [1.82, 2.24) is 0 Å². The van der Waals surface area contributed by atoms with Gasteiger partial charge in [0.1, 0.15) is 0 Å². The molecule has 0 aromatic heterocycles. The van der Waals surface area contributed by atoms with Gasteiger partial charge >= 0.3 is 14.2 Å². The van der Waals surface area contributed by atoms with Crippen molar-refractivity contribution in [3.8, 4) is 0 Å². The van der Waals surface area contributed by atoms with Crippen molar-refractivity contribution in [2.45, 2.75) is 125 Å². The third-order valence-corrected chi connectivity index (χ3v) is 6.92. The van der Waals surface area contributed by atoms with Gasteiger partial charge in [0.2, 0.25) is 0 Å². The van der Waals surface area contributed by atoms with E-state index < -0.39 is 7.12 Å². The molecule has 0 spiro atoms. The monoisotopic (exact) mass is 478 g/mol. The fourth-order valence-electron chi connectivity index (χ4n) is 2.95. The molecule has 0 saturated carbocycles. The first-order chi connectivity index (χ1) is 13.3. The summed E-state index contributed by atoms with van der Waals surface area (Å²) in [6.45, 7) is 24.7. The Morgan fingerprint density at radius 2 is 1.13 bits per heavy atom. The van der Waals surface area contributed by atoms with Crippen LogP contribution in [0.4, 0.5) is 0 Å². The Labute approximate surface area is 203 Å². The Morgan fingerprint density at radius 1 is 0.774 bits per heavy atom. The van der Waals surface area contributed by atoms with Gasteiger partial charge in [-0.05, 0) is 73.6 Å². The quantitative estimate of drug-likeness (QED) is 0.306. The van der Waals surface area contributed by atoms with E-state index in [0.717, 1.165) is 6.42 Å². The van der Waals surface area contributed by atoms with Gasteiger partial charge in [0.25, 0.3) is 0 Å². The van der Waals surface area contributed by atoms with E-state index in [9.17, 15) is 0 Å². The average molecular weight is 479 g/mol. The lowest BCUT2D eigenvalue weighted by Crippen LogP contribution is -2.41. The molecule has 0 bridgehead atoms. The van der Waals surface area contributed by atoms with Gasteiger partial charge in [-0.1, -0.05) is 52.8 Å². The number of alkyl halides is 1. The zero-order valence-corrected chi connectivity index (χ0v) is 22.6. The van der Waals surface area contributed by atoms with Crippen LogP contribution in [0.15, 0.2) is 11.0 Å². The predicted molar refractivity (Wildman–Crippen MR) is 137 cm³/mol. The lowest BCUT2D eigenvalue weighted by Gasteiger charge is -2.32. The molecule has 8 heteroatoms. The van der Waals surface area contributed by atoms with Crippen LogP contribution in [0.3, 0.4) is 0 Å². The van der Waals surface area contributed by atoms with E-state index in [1.165, 1.54) is 0 Å². The summed E-state index contributed by atoms with van der Waals surface area (Å²) in [6, 6.07) is 0. The molecule has 2 aliphatic rings. The molecular formula is C23H46B2Cl2O4. The van der Waals surface area contributed by atoms with E-state index in [1.54, 1.807) is 0 Å². The minimum absolute atomic E-state index is 0. The minimum Gasteiger partial charge on any atom is -0.402 e. The van der Waals surface area contributed by atoms with Crippen molar-refractivity contribution in [2.24, 2.45) is 11.8 Å². The van der Waals surface area contributed by atoms with Crippen LogP contribution in [-0.4, -0.2) is 41.9 Å². The smallest absolute Gasteiger partial charge is 0.402 e. The first-order valence-corrected chi connectivity index (χ1v) is 11.9. The van der Waals surface area contributed by atoms with E-state index >= 15 is 0 Å². The lowest BCUT2D eigenvalue weighted by atomic mass is 9.80. The highest BCUT2D eigenvalue weighted by molar-refractivity contribution is 6.69. The molecule has 0 aromatic rings. The van der Waals surface area contributed by atoms with Gasteiger partial charge in [-0.15, -0.1) is 11.6 Å². The first kappa shape index (κ1) is 31.3. The van der Waals surface area contributed by atoms with Gasteiger partial charge in [0.15, 0.2) is 0 Å². The Bertz CT molecular complexity index is 572. The molecule has 4 nitrogen and oxygen atoms in total. The number of allylic oxidation sites excluding steroid dienone is 1. The van der Waals surface area contributed by atoms with Crippen LogP contribution in [0.5, 0.6) is 0 Å². The first-order valence-electron chi connectivity index (χ1n) is 11.0. The summed E-state index contributed by atoms with van der Waals surface area (Å²) in [5, 5.41) is -0.0638.